The summed E-state index contributed by atoms with van der Waals surface area (Å²) in [6, 6.07) is 2.95. The number of Topliss-reactive ketones (excluding diaryl/α,β-unsaturated/α-hetero) is 1. The van der Waals surface area contributed by atoms with E-state index in [0.29, 0.717) is 37.7 Å². The highest BCUT2D eigenvalue weighted by atomic mass is 16.5. The largest absolute Gasteiger partial charge is 0.508 e. The van der Waals surface area contributed by atoms with Gasteiger partial charge in [0.1, 0.15) is 35.8 Å². The molecule has 17 nitrogen and oxygen atoms in total. The van der Waals surface area contributed by atoms with Gasteiger partial charge in [-0.05, 0) is 106 Å². The number of piperidine rings is 1. The number of hydrogen-bond acceptors (Lipinski definition) is 13. The minimum Gasteiger partial charge on any atom is -0.508 e. The van der Waals surface area contributed by atoms with Crippen LogP contribution in [0.1, 0.15) is 139 Å². The molecular formula is C60H89N5O12. The maximum Gasteiger partial charge on any atom is 0.325 e. The van der Waals surface area contributed by atoms with Crippen molar-refractivity contribution in [2.75, 3.05) is 6.54 Å². The van der Waals surface area contributed by atoms with E-state index >= 15 is 0 Å². The number of ether oxygens (including phenoxy) is 2. The Morgan fingerprint density at radius 3 is 2.43 bits per heavy atom. The molecule has 77 heavy (non-hydrogen) atoms. The zero-order valence-corrected chi connectivity index (χ0v) is 47.1. The van der Waals surface area contributed by atoms with Crippen LogP contribution in [0.4, 0.5) is 0 Å². The van der Waals surface area contributed by atoms with Crippen molar-refractivity contribution in [2.45, 2.75) is 194 Å². The van der Waals surface area contributed by atoms with Crippen molar-refractivity contribution in [3.05, 3.63) is 89.6 Å². The van der Waals surface area contributed by atoms with Crippen molar-refractivity contribution in [1.29, 1.82) is 0 Å². The third-order valence-corrected chi connectivity index (χ3v) is 16.2. The van der Waals surface area contributed by atoms with Crippen molar-refractivity contribution in [2.24, 2.45) is 41.4 Å². The predicted molar refractivity (Wildman–Crippen MR) is 294 cm³/mol. The lowest BCUT2D eigenvalue weighted by Crippen LogP contribution is -2.64. The zero-order valence-electron chi connectivity index (χ0n) is 47.1. The van der Waals surface area contributed by atoms with Gasteiger partial charge in [-0.2, -0.15) is 0 Å². The van der Waals surface area contributed by atoms with Crippen LogP contribution in [0.2, 0.25) is 0 Å². The number of aliphatic hydroxyl groups excluding tert-OH is 3. The Balaban J connectivity index is 1.35. The van der Waals surface area contributed by atoms with E-state index in [4.69, 9.17) is 9.47 Å². The molecule has 4 heterocycles. The van der Waals surface area contributed by atoms with Crippen molar-refractivity contribution in [3.63, 3.8) is 0 Å². The molecule has 0 aliphatic carbocycles. The molecule has 1 spiro atoms. The van der Waals surface area contributed by atoms with Gasteiger partial charge < -0.3 is 50.6 Å². The number of allylic oxidation sites excluding steroid dienone is 5. The molecule has 0 saturated carbocycles. The minimum atomic E-state index is -1.43. The second-order valence-corrected chi connectivity index (χ2v) is 22.7. The van der Waals surface area contributed by atoms with Gasteiger partial charge in [0.15, 0.2) is 5.72 Å². The SMILES string of the molecule is CC[C@H]1C[C@H](C)[C@@]2(NC1=O)O[C@@H](C[C@H](O)[C@@H](C)CC/C=C/C=C(\C)[C@@H]1C/C=C/C=C/[C@H](O)[C@H](C)[C@@H](O)C(CCC(C)=O)C(=O)N[C@@H](C(C)C)C(=O)N[C@@H](Cc3cccc(O)c3)C(=O)N3CCCC(N3)C(=O)O1)[C@H](C)C=C2C. The van der Waals surface area contributed by atoms with Crippen molar-refractivity contribution >= 4 is 35.4 Å². The van der Waals surface area contributed by atoms with Gasteiger partial charge >= 0.3 is 5.97 Å². The number of amides is 4. The highest BCUT2D eigenvalue weighted by molar-refractivity contribution is 5.93. The normalized spacial score (nSPS) is 33.2. The highest BCUT2D eigenvalue weighted by Gasteiger charge is 2.51. The molecule has 17 heteroatoms. The number of phenols is 1. The maximum atomic E-state index is 14.5. The number of carbonyl (C=O) groups is 6. The number of hydrogen-bond donors (Lipinski definition) is 8. The molecule has 1 aromatic rings. The van der Waals surface area contributed by atoms with E-state index in [1.165, 1.54) is 30.1 Å². The Morgan fingerprint density at radius 1 is 1.00 bits per heavy atom. The number of rotatable bonds is 15. The Bertz CT molecular complexity index is 2360. The van der Waals surface area contributed by atoms with E-state index in [1.54, 1.807) is 51.1 Å². The van der Waals surface area contributed by atoms with Gasteiger partial charge in [-0.15, -0.1) is 0 Å². The number of ketones is 1. The molecule has 4 amide bonds. The average Bonchev–Trinajstić information content (AvgIpc) is 3.38. The first-order chi connectivity index (χ1) is 36.5. The van der Waals surface area contributed by atoms with Crippen molar-refractivity contribution in [1.82, 2.24) is 26.4 Å². The summed E-state index contributed by atoms with van der Waals surface area (Å²) in [4.78, 5) is 82.1. The number of esters is 1. The van der Waals surface area contributed by atoms with E-state index in [0.717, 1.165) is 24.0 Å². The molecule has 2 bridgehead atoms. The molecule has 15 atom stereocenters. The Hall–Kier alpha value is -5.46. The summed E-state index contributed by atoms with van der Waals surface area (Å²) in [5, 5.41) is 54.7. The molecule has 8 N–H and O–H groups in total. The van der Waals surface area contributed by atoms with Gasteiger partial charge in [-0.25, -0.2) is 5.43 Å². The van der Waals surface area contributed by atoms with Crippen LogP contribution in [0, 0.1) is 41.4 Å². The smallest absolute Gasteiger partial charge is 0.325 e. The van der Waals surface area contributed by atoms with E-state index in [1.807, 2.05) is 45.9 Å². The molecule has 2 fully saturated rings. The first-order valence-corrected chi connectivity index (χ1v) is 28.0. The lowest BCUT2D eigenvalue weighted by atomic mass is 9.75. The van der Waals surface area contributed by atoms with Crippen molar-refractivity contribution < 1.29 is 58.7 Å². The third-order valence-electron chi connectivity index (χ3n) is 16.2. The first kappa shape index (κ1) is 62.4. The second kappa shape index (κ2) is 29.0. The van der Waals surface area contributed by atoms with Gasteiger partial charge in [-0.3, -0.25) is 29.0 Å². The topological polar surface area (TPSA) is 253 Å². The molecule has 426 valence electrons. The molecule has 2 unspecified atom stereocenters. The number of aliphatic hydroxyl groups is 3. The number of aromatic hydroxyl groups is 1. The Labute approximate surface area is 456 Å². The van der Waals surface area contributed by atoms with Gasteiger partial charge in [0.05, 0.1) is 30.3 Å². The van der Waals surface area contributed by atoms with Crippen molar-refractivity contribution in [3.8, 4) is 5.75 Å². The monoisotopic (exact) mass is 1070 g/mol. The number of nitrogens with zero attached hydrogens (tertiary/aromatic N) is 1. The predicted octanol–water partition coefficient (Wildman–Crippen LogP) is 6.36. The summed E-state index contributed by atoms with van der Waals surface area (Å²) in [6.07, 6.45) is 14.4. The lowest BCUT2D eigenvalue weighted by Gasteiger charge is -2.51. The van der Waals surface area contributed by atoms with Crippen LogP contribution in [-0.4, -0.2) is 122 Å². The first-order valence-electron chi connectivity index (χ1n) is 28.0. The molecule has 2 saturated heterocycles. The van der Waals surface area contributed by atoms with Crippen LogP contribution < -0.4 is 21.4 Å². The number of benzene rings is 1. The molecule has 0 radical (unpaired) electrons. The summed E-state index contributed by atoms with van der Waals surface area (Å²) >= 11 is 0. The molecular weight excluding hydrogens is 983 g/mol. The lowest BCUT2D eigenvalue weighted by molar-refractivity contribution is -0.179. The molecule has 5 rings (SSSR count). The number of carbonyl (C=O) groups excluding carboxylic acids is 6. The van der Waals surface area contributed by atoms with Crippen LogP contribution in [0.3, 0.4) is 0 Å². The van der Waals surface area contributed by atoms with E-state index in [2.05, 4.69) is 41.3 Å². The molecule has 4 aliphatic rings. The molecule has 0 aromatic heterocycles. The van der Waals surface area contributed by atoms with Crippen LogP contribution in [0.5, 0.6) is 5.75 Å². The number of nitrogens with one attached hydrogen (secondary N) is 4. The summed E-state index contributed by atoms with van der Waals surface area (Å²) < 4.78 is 13.0. The number of phenolic OH excluding ortho intramolecular Hbond substituents is 1. The molecule has 4 aliphatic heterocycles. The summed E-state index contributed by atoms with van der Waals surface area (Å²) in [5.41, 5.74) is 4.44. The number of hydrazine groups is 1. The standard InChI is InChI=1S/C60H89N5O12/c1-11-44-31-40(8)60(63-55(44)71)39(7)30-38(6)52(77-60)34-50(69)36(4)20-14-12-15-21-37(5)51-26-17-13-16-25-49(68)42(10)54(70)46(28-27-41(9)66)56(72)62-53(35(2)3)57(73)61-48(33-43-22-18-23-45(67)32-43)58(74)65-29-19-24-47(64-65)59(75)76-51/h12-13,15-18,21-23,25,30,32,35-36,38,40,42,44,46-54,64,67-70H,11,14,19-20,24,26-29,31,33-34H2,1-10H3,(H,61,73)(H,62,72)(H,63,71)/b15-12+,17-13+,25-16+,37-21+/t36-,38+,40-,42-,44-,46?,47?,48-,49-,50-,51-,52-,53-,54+,60-/m0/s1. The van der Waals surface area contributed by atoms with Gasteiger partial charge in [0, 0.05) is 55.9 Å². The average molecular weight is 1070 g/mol. The summed E-state index contributed by atoms with van der Waals surface area (Å²) in [5.74, 6) is -5.31. The fourth-order valence-corrected chi connectivity index (χ4v) is 10.9. The van der Waals surface area contributed by atoms with E-state index < -0.39 is 89.7 Å². The van der Waals surface area contributed by atoms with Crippen LogP contribution in [0.15, 0.2) is 84.0 Å². The van der Waals surface area contributed by atoms with Crippen LogP contribution in [0.25, 0.3) is 0 Å². The summed E-state index contributed by atoms with van der Waals surface area (Å²) in [7, 11) is 0. The fourth-order valence-electron chi connectivity index (χ4n) is 10.9. The maximum absolute atomic E-state index is 14.5. The van der Waals surface area contributed by atoms with E-state index in [-0.39, 0.29) is 79.4 Å². The van der Waals surface area contributed by atoms with E-state index in [9.17, 15) is 49.2 Å². The van der Waals surface area contributed by atoms with Crippen LogP contribution >= 0.6 is 0 Å². The number of cyclic esters (lactones) is 1. The highest BCUT2D eigenvalue weighted by Crippen LogP contribution is 2.43. The minimum absolute atomic E-state index is 0.00834. The summed E-state index contributed by atoms with van der Waals surface area (Å²) in [6.45, 7) is 18.7. The zero-order chi connectivity index (χ0) is 56.7. The third kappa shape index (κ3) is 17.0. The van der Waals surface area contributed by atoms with Gasteiger partial charge in [-0.1, -0.05) is 109 Å². The van der Waals surface area contributed by atoms with Gasteiger partial charge in [0.25, 0.3) is 5.91 Å². The molecule has 1 aromatic carbocycles. The fraction of sp³-hybridized carbons (Fsp3) is 0.633. The Morgan fingerprint density at radius 2 is 1.74 bits per heavy atom. The number of fused-ring (bicyclic) bond motifs is 2. The Kier molecular flexibility index (Phi) is 23.5. The quantitative estimate of drug-likeness (QED) is 0.0542. The second-order valence-electron chi connectivity index (χ2n) is 22.7. The van der Waals surface area contributed by atoms with Gasteiger partial charge in [0.2, 0.25) is 17.7 Å². The van der Waals surface area contributed by atoms with Crippen LogP contribution in [-0.2, 0) is 44.7 Å².